The molecule has 0 aromatic carbocycles. The Bertz CT molecular complexity index is 227. The normalized spacial score (nSPS) is 9.54. The summed E-state index contributed by atoms with van der Waals surface area (Å²) in [6.07, 6.45) is 1.11. The summed E-state index contributed by atoms with van der Waals surface area (Å²) in [7, 11) is 0. The number of aliphatic hydroxyl groups excluding tert-OH is 1. The summed E-state index contributed by atoms with van der Waals surface area (Å²) in [5.41, 5.74) is 0.176. The number of carbonyl (C=O) groups is 2. The maximum atomic E-state index is 9.61. The molecule has 5 heteroatoms. The van der Waals surface area contributed by atoms with Crippen molar-refractivity contribution in [2.45, 2.75) is 13.8 Å². The van der Waals surface area contributed by atoms with Crippen LogP contribution in [0.25, 0.3) is 0 Å². The van der Waals surface area contributed by atoms with Crippen LogP contribution in [-0.2, 0) is 9.59 Å². The number of carboxylic acid groups (broad SMARTS) is 2. The van der Waals surface area contributed by atoms with Crippen molar-refractivity contribution >= 4 is 11.9 Å². The van der Waals surface area contributed by atoms with E-state index in [1.54, 1.807) is 0 Å². The average Bonchev–Trinajstić information content (AvgIpc) is 2.03. The van der Waals surface area contributed by atoms with Crippen molar-refractivity contribution in [1.29, 1.82) is 0 Å². The highest BCUT2D eigenvalue weighted by Crippen LogP contribution is 1.83. The van der Waals surface area contributed by atoms with Gasteiger partial charge in [-0.2, -0.15) is 0 Å². The van der Waals surface area contributed by atoms with E-state index in [0.29, 0.717) is 0 Å². The third-order valence-corrected chi connectivity index (χ3v) is 0.858. The van der Waals surface area contributed by atoms with Crippen LogP contribution in [0.3, 0.4) is 0 Å². The van der Waals surface area contributed by atoms with Crippen LogP contribution >= 0.6 is 0 Å². The Kier molecular flexibility index (Phi) is 7.32. The highest BCUT2D eigenvalue weighted by molar-refractivity contribution is 5.84. The molecule has 0 saturated heterocycles. The van der Waals surface area contributed by atoms with Gasteiger partial charge in [0.1, 0.15) is 0 Å². The minimum atomic E-state index is -1.29. The maximum absolute atomic E-state index is 9.61. The second-order valence-electron chi connectivity index (χ2n) is 2.06. The van der Waals surface area contributed by atoms with E-state index in [2.05, 4.69) is 6.58 Å². The Morgan fingerprint density at radius 1 is 1.15 bits per heavy atom. The molecule has 0 aromatic rings. The SMILES string of the molecule is C=C(C)C(=O)O.CC=C(O)C(=O)O. The van der Waals surface area contributed by atoms with Crippen molar-refractivity contribution in [3.8, 4) is 0 Å². The largest absolute Gasteiger partial charge is 0.502 e. The smallest absolute Gasteiger partial charge is 0.370 e. The molecule has 0 unspecified atom stereocenters. The highest BCUT2D eigenvalue weighted by Gasteiger charge is 1.97. The molecule has 0 aliphatic carbocycles. The van der Waals surface area contributed by atoms with Gasteiger partial charge in [-0.25, -0.2) is 9.59 Å². The molecule has 0 bridgehead atoms. The van der Waals surface area contributed by atoms with E-state index in [1.165, 1.54) is 13.8 Å². The quantitative estimate of drug-likeness (QED) is 0.446. The zero-order chi connectivity index (χ0) is 11.0. The van der Waals surface area contributed by atoms with Crippen molar-refractivity contribution in [2.75, 3.05) is 0 Å². The molecule has 0 aromatic heterocycles. The third kappa shape index (κ3) is 10.2. The van der Waals surface area contributed by atoms with Gasteiger partial charge < -0.3 is 15.3 Å². The maximum Gasteiger partial charge on any atom is 0.370 e. The topological polar surface area (TPSA) is 94.8 Å². The molecule has 0 spiro atoms. The molecule has 0 atom stereocenters. The number of hydrogen-bond donors (Lipinski definition) is 3. The molecule has 13 heavy (non-hydrogen) atoms. The molecule has 0 amide bonds. The second kappa shape index (κ2) is 6.90. The molecule has 0 heterocycles. The summed E-state index contributed by atoms with van der Waals surface area (Å²) >= 11 is 0. The van der Waals surface area contributed by atoms with E-state index >= 15 is 0 Å². The Balaban J connectivity index is 0. The predicted octanol–water partition coefficient (Wildman–Crippen LogP) is 1.18. The zero-order valence-electron chi connectivity index (χ0n) is 7.44. The lowest BCUT2D eigenvalue weighted by molar-refractivity contribution is -0.135. The van der Waals surface area contributed by atoms with E-state index in [9.17, 15) is 9.59 Å². The van der Waals surface area contributed by atoms with E-state index < -0.39 is 17.7 Å². The number of aliphatic carboxylic acids is 2. The van der Waals surface area contributed by atoms with Gasteiger partial charge >= 0.3 is 11.9 Å². The third-order valence-electron chi connectivity index (χ3n) is 0.858. The molecule has 0 radical (unpaired) electrons. The summed E-state index contributed by atoms with van der Waals surface area (Å²) in [6, 6.07) is 0. The van der Waals surface area contributed by atoms with Gasteiger partial charge in [0.2, 0.25) is 0 Å². The lowest BCUT2D eigenvalue weighted by atomic mass is 10.4. The van der Waals surface area contributed by atoms with Crippen LogP contribution in [-0.4, -0.2) is 27.3 Å². The Hall–Kier alpha value is -1.78. The number of rotatable bonds is 2. The Morgan fingerprint density at radius 2 is 1.46 bits per heavy atom. The van der Waals surface area contributed by atoms with E-state index in [-0.39, 0.29) is 5.57 Å². The second-order valence-corrected chi connectivity index (χ2v) is 2.06. The molecule has 0 saturated carbocycles. The first-order valence-corrected chi connectivity index (χ1v) is 3.30. The summed E-state index contributed by atoms with van der Waals surface area (Å²) in [5.74, 6) is -2.84. The van der Waals surface area contributed by atoms with Crippen LogP contribution in [0, 0.1) is 0 Å². The lowest BCUT2D eigenvalue weighted by Crippen LogP contribution is -1.97. The van der Waals surface area contributed by atoms with Crippen LogP contribution in [0.2, 0.25) is 0 Å². The Morgan fingerprint density at radius 3 is 1.46 bits per heavy atom. The number of hydrogen-bond acceptors (Lipinski definition) is 3. The predicted molar refractivity (Wildman–Crippen MR) is 46.5 cm³/mol. The fourth-order valence-corrected chi connectivity index (χ4v) is 0.123. The van der Waals surface area contributed by atoms with E-state index in [4.69, 9.17) is 15.3 Å². The highest BCUT2D eigenvalue weighted by atomic mass is 16.4. The first-order valence-electron chi connectivity index (χ1n) is 3.30. The molecule has 3 N–H and O–H groups in total. The van der Waals surface area contributed by atoms with Crippen LogP contribution in [0.1, 0.15) is 13.8 Å². The van der Waals surface area contributed by atoms with Gasteiger partial charge in [0.05, 0.1) is 0 Å². The van der Waals surface area contributed by atoms with Crippen LogP contribution < -0.4 is 0 Å². The molecule has 0 rings (SSSR count). The molecule has 5 nitrogen and oxygen atoms in total. The number of allylic oxidation sites excluding steroid dienone is 1. The molecule has 0 fully saturated rings. The van der Waals surface area contributed by atoms with Crippen molar-refractivity contribution in [1.82, 2.24) is 0 Å². The lowest BCUT2D eigenvalue weighted by Gasteiger charge is -1.83. The van der Waals surface area contributed by atoms with Crippen molar-refractivity contribution in [3.63, 3.8) is 0 Å². The molecular formula is C8H12O5. The molecular weight excluding hydrogens is 176 g/mol. The van der Waals surface area contributed by atoms with Gasteiger partial charge in [-0.1, -0.05) is 6.58 Å². The number of carboxylic acids is 2. The minimum Gasteiger partial charge on any atom is -0.502 e. The fourth-order valence-electron chi connectivity index (χ4n) is 0.123. The standard InChI is InChI=1S/C4H6O3.C4H6O2/c1-2-3(5)4(6)7;1-3(2)4(5)6/h2,5H,1H3,(H,6,7);1H2,2H3,(H,5,6). The van der Waals surface area contributed by atoms with Gasteiger partial charge in [0.25, 0.3) is 0 Å². The molecule has 0 aliphatic rings. The van der Waals surface area contributed by atoms with Crippen LogP contribution in [0.5, 0.6) is 0 Å². The van der Waals surface area contributed by atoms with Crippen molar-refractivity contribution < 1.29 is 24.9 Å². The first-order chi connectivity index (χ1) is 5.82. The van der Waals surface area contributed by atoms with Gasteiger partial charge in [-0.3, -0.25) is 0 Å². The van der Waals surface area contributed by atoms with Crippen LogP contribution in [0.15, 0.2) is 24.0 Å². The summed E-state index contributed by atoms with van der Waals surface area (Å²) in [6.45, 7) is 6.05. The first kappa shape index (κ1) is 13.8. The van der Waals surface area contributed by atoms with Crippen molar-refractivity contribution in [3.05, 3.63) is 24.0 Å². The van der Waals surface area contributed by atoms with Crippen LogP contribution in [0.4, 0.5) is 0 Å². The molecule has 0 aliphatic heterocycles. The summed E-state index contributed by atoms with van der Waals surface area (Å²) in [5, 5.41) is 24.0. The van der Waals surface area contributed by atoms with E-state index in [0.717, 1.165) is 6.08 Å². The van der Waals surface area contributed by atoms with E-state index in [1.807, 2.05) is 0 Å². The van der Waals surface area contributed by atoms with Gasteiger partial charge in [-0.15, -0.1) is 0 Å². The Labute approximate surface area is 75.6 Å². The minimum absolute atomic E-state index is 0.176. The number of aliphatic hydroxyl groups is 1. The van der Waals surface area contributed by atoms with Crippen molar-refractivity contribution in [2.24, 2.45) is 0 Å². The monoisotopic (exact) mass is 188 g/mol. The zero-order valence-corrected chi connectivity index (χ0v) is 7.44. The summed E-state index contributed by atoms with van der Waals surface area (Å²) in [4.78, 5) is 19.2. The average molecular weight is 188 g/mol. The van der Waals surface area contributed by atoms with Gasteiger partial charge in [-0.05, 0) is 19.9 Å². The molecule has 74 valence electrons. The van der Waals surface area contributed by atoms with Gasteiger partial charge in [0.15, 0.2) is 5.76 Å². The van der Waals surface area contributed by atoms with Gasteiger partial charge in [0, 0.05) is 5.57 Å². The fraction of sp³-hybridized carbons (Fsp3) is 0.250. The summed E-state index contributed by atoms with van der Waals surface area (Å²) < 4.78 is 0.